The number of hydrogen-bond acceptors (Lipinski definition) is 4. The molecule has 5 nitrogen and oxygen atoms in total. The molecular weight excluding hydrogens is 246 g/mol. The van der Waals surface area contributed by atoms with E-state index in [2.05, 4.69) is 0 Å². The summed E-state index contributed by atoms with van der Waals surface area (Å²) in [6.07, 6.45) is 3.11. The van der Waals surface area contributed by atoms with Gasteiger partial charge in [-0.3, -0.25) is 4.79 Å². The molecule has 2 N–H and O–H groups in total. The fourth-order valence-electron chi connectivity index (χ4n) is 3.03. The highest BCUT2D eigenvalue weighted by atomic mass is 16.5. The number of aromatic hydroxyl groups is 2. The van der Waals surface area contributed by atoms with Crippen LogP contribution in [0.4, 0.5) is 0 Å². The van der Waals surface area contributed by atoms with Crippen LogP contribution in [0.25, 0.3) is 0 Å². The molecule has 1 saturated heterocycles. The zero-order valence-corrected chi connectivity index (χ0v) is 10.6. The molecule has 19 heavy (non-hydrogen) atoms. The Labute approximate surface area is 111 Å². The number of phenolic OH excluding ortho intramolecular Hbond substituents is 2. The Morgan fingerprint density at radius 1 is 1.32 bits per heavy atom. The minimum atomic E-state index is -0.228. The van der Waals surface area contributed by atoms with Crippen LogP contribution in [0.2, 0.25) is 0 Å². The van der Waals surface area contributed by atoms with E-state index in [1.54, 1.807) is 4.90 Å². The number of rotatable bonds is 1. The van der Waals surface area contributed by atoms with Crippen LogP contribution in [0.1, 0.15) is 29.6 Å². The van der Waals surface area contributed by atoms with Crippen LogP contribution in [-0.4, -0.2) is 46.3 Å². The number of fused-ring (bicyclic) bond motifs is 1. The van der Waals surface area contributed by atoms with Crippen molar-refractivity contribution in [1.29, 1.82) is 0 Å². The number of amides is 1. The quantitative estimate of drug-likeness (QED) is 0.753. The van der Waals surface area contributed by atoms with E-state index in [0.29, 0.717) is 13.2 Å². The molecule has 1 heterocycles. The van der Waals surface area contributed by atoms with Crippen LogP contribution in [0, 0.1) is 0 Å². The van der Waals surface area contributed by atoms with Crippen molar-refractivity contribution in [2.45, 2.75) is 31.4 Å². The highest BCUT2D eigenvalue weighted by molar-refractivity contribution is 5.97. The molecule has 2 unspecified atom stereocenters. The number of phenols is 2. The van der Waals surface area contributed by atoms with Crippen LogP contribution in [0.3, 0.4) is 0 Å². The molecule has 0 radical (unpaired) electrons. The lowest BCUT2D eigenvalue weighted by Gasteiger charge is -2.37. The van der Waals surface area contributed by atoms with Gasteiger partial charge >= 0.3 is 0 Å². The molecule has 1 aliphatic carbocycles. The van der Waals surface area contributed by atoms with Crippen LogP contribution in [0.15, 0.2) is 18.2 Å². The maximum absolute atomic E-state index is 12.5. The van der Waals surface area contributed by atoms with Gasteiger partial charge in [-0.05, 0) is 37.5 Å². The second kappa shape index (κ2) is 4.74. The third-order valence-corrected chi connectivity index (χ3v) is 3.95. The predicted octanol–water partition coefficient (Wildman–Crippen LogP) is 1.49. The van der Waals surface area contributed by atoms with Gasteiger partial charge in [-0.2, -0.15) is 0 Å². The minimum Gasteiger partial charge on any atom is -0.508 e. The van der Waals surface area contributed by atoms with Crippen molar-refractivity contribution in [1.82, 2.24) is 4.90 Å². The summed E-state index contributed by atoms with van der Waals surface area (Å²) in [4.78, 5) is 14.3. The summed E-state index contributed by atoms with van der Waals surface area (Å²) in [5, 5.41) is 19.3. The van der Waals surface area contributed by atoms with Crippen LogP contribution >= 0.6 is 0 Å². The Balaban J connectivity index is 1.88. The van der Waals surface area contributed by atoms with Crippen molar-refractivity contribution < 1.29 is 19.7 Å². The molecule has 2 atom stereocenters. The summed E-state index contributed by atoms with van der Waals surface area (Å²) in [7, 11) is 0. The third-order valence-electron chi connectivity index (χ3n) is 3.95. The van der Waals surface area contributed by atoms with Gasteiger partial charge in [0.1, 0.15) is 11.5 Å². The van der Waals surface area contributed by atoms with Crippen molar-refractivity contribution in [3.05, 3.63) is 23.8 Å². The summed E-state index contributed by atoms with van der Waals surface area (Å²) in [5.41, 5.74) is 0.160. The Bertz CT molecular complexity index is 502. The Kier molecular flexibility index (Phi) is 3.06. The first kappa shape index (κ1) is 12.3. The van der Waals surface area contributed by atoms with E-state index in [1.165, 1.54) is 18.2 Å². The van der Waals surface area contributed by atoms with E-state index in [-0.39, 0.29) is 35.1 Å². The number of hydrogen-bond donors (Lipinski definition) is 2. The van der Waals surface area contributed by atoms with Crippen LogP contribution < -0.4 is 0 Å². The summed E-state index contributed by atoms with van der Waals surface area (Å²) in [6, 6.07) is 4.12. The lowest BCUT2D eigenvalue weighted by atomic mass is 10.1. The molecule has 1 amide bonds. The van der Waals surface area contributed by atoms with Crippen molar-refractivity contribution in [3.8, 4) is 11.5 Å². The average molecular weight is 263 g/mol. The molecule has 0 aromatic heterocycles. The molecule has 0 bridgehead atoms. The van der Waals surface area contributed by atoms with E-state index in [9.17, 15) is 15.0 Å². The van der Waals surface area contributed by atoms with E-state index in [4.69, 9.17) is 4.74 Å². The maximum atomic E-state index is 12.5. The second-order valence-corrected chi connectivity index (χ2v) is 5.11. The fraction of sp³-hybridized carbons (Fsp3) is 0.500. The Morgan fingerprint density at radius 3 is 3.00 bits per heavy atom. The lowest BCUT2D eigenvalue weighted by Crippen LogP contribution is -2.51. The van der Waals surface area contributed by atoms with Gasteiger partial charge in [0.2, 0.25) is 0 Å². The molecule has 3 rings (SSSR count). The predicted molar refractivity (Wildman–Crippen MR) is 68.2 cm³/mol. The molecule has 102 valence electrons. The molecule has 0 spiro atoms. The summed E-state index contributed by atoms with van der Waals surface area (Å²) in [5.74, 6) is -0.338. The second-order valence-electron chi connectivity index (χ2n) is 5.11. The minimum absolute atomic E-state index is 0.0163. The number of morpholine rings is 1. The van der Waals surface area contributed by atoms with Crippen molar-refractivity contribution in [3.63, 3.8) is 0 Å². The number of carbonyl (C=O) groups excluding carboxylic acids is 1. The SMILES string of the molecule is O=C(c1cc(O)ccc1O)N1CCOC2CCCC21. The lowest BCUT2D eigenvalue weighted by molar-refractivity contribution is -0.0446. The summed E-state index contributed by atoms with van der Waals surface area (Å²) in [6.45, 7) is 1.07. The number of nitrogens with zero attached hydrogens (tertiary/aromatic N) is 1. The van der Waals surface area contributed by atoms with Gasteiger partial charge in [0.15, 0.2) is 0 Å². The summed E-state index contributed by atoms with van der Waals surface area (Å²) < 4.78 is 5.67. The molecule has 1 aromatic carbocycles. The van der Waals surface area contributed by atoms with E-state index in [1.807, 2.05) is 0 Å². The first-order chi connectivity index (χ1) is 9.16. The first-order valence-electron chi connectivity index (χ1n) is 6.61. The highest BCUT2D eigenvalue weighted by Crippen LogP contribution is 2.32. The Hall–Kier alpha value is -1.75. The molecular formula is C14H17NO4. The maximum Gasteiger partial charge on any atom is 0.258 e. The molecule has 1 aromatic rings. The van der Waals surface area contributed by atoms with Gasteiger partial charge < -0.3 is 19.8 Å². The van der Waals surface area contributed by atoms with Crippen LogP contribution in [0.5, 0.6) is 11.5 Å². The van der Waals surface area contributed by atoms with Crippen LogP contribution in [-0.2, 0) is 4.74 Å². The smallest absolute Gasteiger partial charge is 0.258 e. The first-order valence-corrected chi connectivity index (χ1v) is 6.61. The highest BCUT2D eigenvalue weighted by Gasteiger charge is 2.39. The van der Waals surface area contributed by atoms with Gasteiger partial charge in [0, 0.05) is 6.54 Å². The van der Waals surface area contributed by atoms with Gasteiger partial charge in [-0.15, -0.1) is 0 Å². The topological polar surface area (TPSA) is 70.0 Å². The third kappa shape index (κ3) is 2.14. The molecule has 1 saturated carbocycles. The van der Waals surface area contributed by atoms with Crippen molar-refractivity contribution in [2.75, 3.05) is 13.2 Å². The monoisotopic (exact) mass is 263 g/mol. The standard InChI is InChI=1S/C14H17NO4/c16-9-4-5-12(17)10(8-9)14(18)15-6-7-19-13-3-1-2-11(13)15/h4-5,8,11,13,16-17H,1-3,6-7H2. The van der Waals surface area contributed by atoms with Crippen molar-refractivity contribution >= 4 is 5.91 Å². The zero-order valence-electron chi connectivity index (χ0n) is 10.6. The van der Waals surface area contributed by atoms with Crippen molar-refractivity contribution in [2.24, 2.45) is 0 Å². The molecule has 1 aliphatic heterocycles. The molecule has 2 aliphatic rings. The van der Waals surface area contributed by atoms with Gasteiger partial charge in [0.05, 0.1) is 24.3 Å². The van der Waals surface area contributed by atoms with Gasteiger partial charge in [-0.1, -0.05) is 0 Å². The number of carbonyl (C=O) groups is 1. The Morgan fingerprint density at radius 2 is 2.16 bits per heavy atom. The normalized spacial score (nSPS) is 26.2. The zero-order chi connectivity index (χ0) is 13.4. The largest absolute Gasteiger partial charge is 0.508 e. The fourth-order valence-corrected chi connectivity index (χ4v) is 3.03. The number of benzene rings is 1. The van der Waals surface area contributed by atoms with E-state index in [0.717, 1.165) is 19.3 Å². The average Bonchev–Trinajstić information content (AvgIpc) is 2.89. The van der Waals surface area contributed by atoms with Gasteiger partial charge in [-0.25, -0.2) is 0 Å². The van der Waals surface area contributed by atoms with E-state index < -0.39 is 0 Å². The number of ether oxygens (including phenoxy) is 1. The summed E-state index contributed by atoms with van der Waals surface area (Å²) >= 11 is 0. The molecule has 2 fully saturated rings. The molecule has 5 heteroatoms. The van der Waals surface area contributed by atoms with Gasteiger partial charge in [0.25, 0.3) is 5.91 Å². The van der Waals surface area contributed by atoms with E-state index >= 15 is 0 Å².